The number of hydrogen-bond acceptors (Lipinski definition) is 4. The standard InChI is InChI=1S/C34H45N3O2/c1-7-8-12-32(29-13-16-35-17-14-29)33-31(15-18-39-33)26(6)36-22-27-10-9-11-30(21-27)34(38)37-23-28(19-24(2)3)20-25(4)5/h8-14,16-17,21,25,28,36H,2,7,15,18-20,22-23H2,1,3-6H3,(H,37,38)/b12-8+,31-26+,33-32-. The summed E-state index contributed by atoms with van der Waals surface area (Å²) in [5.74, 6) is 1.89. The van der Waals surface area contributed by atoms with Crippen molar-refractivity contribution in [2.75, 3.05) is 13.2 Å². The summed E-state index contributed by atoms with van der Waals surface area (Å²) in [6.07, 6.45) is 11.7. The zero-order valence-corrected chi connectivity index (χ0v) is 24.3. The van der Waals surface area contributed by atoms with Crippen molar-refractivity contribution in [1.82, 2.24) is 15.6 Å². The van der Waals surface area contributed by atoms with Crippen LogP contribution >= 0.6 is 0 Å². The molecule has 0 radical (unpaired) electrons. The number of pyridine rings is 1. The first-order valence-electron chi connectivity index (χ1n) is 14.2. The number of carbonyl (C=O) groups is 1. The monoisotopic (exact) mass is 527 g/mol. The lowest BCUT2D eigenvalue weighted by molar-refractivity contribution is 0.0945. The fraction of sp³-hybridized carbons (Fsp3) is 0.412. The summed E-state index contributed by atoms with van der Waals surface area (Å²) < 4.78 is 6.15. The lowest BCUT2D eigenvalue weighted by Crippen LogP contribution is -2.30. The third kappa shape index (κ3) is 9.27. The molecule has 1 atom stereocenters. The maximum Gasteiger partial charge on any atom is 0.251 e. The topological polar surface area (TPSA) is 63.2 Å². The highest BCUT2D eigenvalue weighted by Crippen LogP contribution is 2.34. The van der Waals surface area contributed by atoms with E-state index in [2.05, 4.69) is 75.0 Å². The fourth-order valence-electron chi connectivity index (χ4n) is 5.03. The smallest absolute Gasteiger partial charge is 0.251 e. The minimum absolute atomic E-state index is 0.0264. The van der Waals surface area contributed by atoms with Gasteiger partial charge in [0.1, 0.15) is 5.76 Å². The summed E-state index contributed by atoms with van der Waals surface area (Å²) in [7, 11) is 0. The van der Waals surface area contributed by atoms with Crippen molar-refractivity contribution in [3.63, 3.8) is 0 Å². The van der Waals surface area contributed by atoms with Gasteiger partial charge in [0, 0.05) is 54.3 Å². The molecular weight excluding hydrogens is 482 g/mol. The summed E-state index contributed by atoms with van der Waals surface area (Å²) >= 11 is 0. The van der Waals surface area contributed by atoms with Crippen LogP contribution in [0.1, 0.15) is 81.8 Å². The normalized spacial score (nSPS) is 16.7. The van der Waals surface area contributed by atoms with Crippen LogP contribution in [0.15, 0.2) is 90.1 Å². The number of carbonyl (C=O) groups excluding carboxylic acids is 1. The Bertz CT molecular complexity index is 1210. The van der Waals surface area contributed by atoms with Gasteiger partial charge in [0.05, 0.1) is 6.61 Å². The first-order valence-corrected chi connectivity index (χ1v) is 14.2. The molecule has 208 valence electrons. The second-order valence-electron chi connectivity index (χ2n) is 10.9. The molecule has 5 heteroatoms. The van der Waals surface area contributed by atoms with E-state index in [1.54, 1.807) is 0 Å². The first-order chi connectivity index (χ1) is 18.8. The number of ether oxygens (including phenoxy) is 1. The van der Waals surface area contributed by atoms with E-state index in [9.17, 15) is 4.79 Å². The Hall–Kier alpha value is -3.60. The molecule has 1 aliphatic heterocycles. The maximum absolute atomic E-state index is 13.0. The SMILES string of the molecule is C=C(C)CC(CNC(=O)c1cccc(CN\C(C)=C2/CCO/C2=C(/C=C/CC)c2ccncc2)c1)CC(C)C. The van der Waals surface area contributed by atoms with Gasteiger partial charge in [0.25, 0.3) is 5.91 Å². The Morgan fingerprint density at radius 2 is 1.90 bits per heavy atom. The molecule has 2 N–H and O–H groups in total. The molecule has 1 aliphatic rings. The minimum Gasteiger partial charge on any atom is -0.492 e. The number of hydrogen-bond donors (Lipinski definition) is 2. The van der Waals surface area contributed by atoms with Crippen LogP contribution in [0, 0.1) is 11.8 Å². The second-order valence-corrected chi connectivity index (χ2v) is 10.9. The van der Waals surface area contributed by atoms with Gasteiger partial charge in [0.15, 0.2) is 0 Å². The molecule has 0 bridgehead atoms. The number of nitrogens with one attached hydrogen (secondary N) is 2. The average Bonchev–Trinajstić information content (AvgIpc) is 3.40. The van der Waals surface area contributed by atoms with Gasteiger partial charge in [0.2, 0.25) is 0 Å². The van der Waals surface area contributed by atoms with Gasteiger partial charge in [-0.1, -0.05) is 50.6 Å². The minimum atomic E-state index is -0.0264. The van der Waals surface area contributed by atoms with Crippen molar-refractivity contribution in [1.29, 1.82) is 0 Å². The molecule has 1 saturated heterocycles. The second kappa shape index (κ2) is 15.1. The third-order valence-electron chi connectivity index (χ3n) is 6.82. The van der Waals surface area contributed by atoms with Gasteiger partial charge < -0.3 is 15.4 Å². The van der Waals surface area contributed by atoms with Crippen LogP contribution in [0.25, 0.3) is 5.57 Å². The van der Waals surface area contributed by atoms with Crippen molar-refractivity contribution in [3.8, 4) is 0 Å². The molecule has 1 aromatic carbocycles. The van der Waals surface area contributed by atoms with Crippen molar-refractivity contribution < 1.29 is 9.53 Å². The van der Waals surface area contributed by atoms with Crippen molar-refractivity contribution in [2.24, 2.45) is 11.8 Å². The van der Waals surface area contributed by atoms with Crippen LogP contribution in [-0.4, -0.2) is 24.0 Å². The first kappa shape index (κ1) is 29.9. The summed E-state index contributed by atoms with van der Waals surface area (Å²) in [6.45, 7) is 16.8. The quantitative estimate of drug-likeness (QED) is 0.263. The molecule has 39 heavy (non-hydrogen) atoms. The van der Waals surface area contributed by atoms with Gasteiger partial charge in [-0.3, -0.25) is 9.78 Å². The Kier molecular flexibility index (Phi) is 11.6. The molecule has 0 aliphatic carbocycles. The predicted molar refractivity (Wildman–Crippen MR) is 162 cm³/mol. The molecule has 1 unspecified atom stereocenters. The zero-order chi connectivity index (χ0) is 28.2. The Balaban J connectivity index is 1.71. The lowest BCUT2D eigenvalue weighted by atomic mass is 9.91. The van der Waals surface area contributed by atoms with Crippen LogP contribution in [0.5, 0.6) is 0 Å². The maximum atomic E-state index is 13.0. The van der Waals surface area contributed by atoms with E-state index in [1.165, 1.54) is 5.57 Å². The van der Waals surface area contributed by atoms with E-state index < -0.39 is 0 Å². The van der Waals surface area contributed by atoms with Crippen LogP contribution in [-0.2, 0) is 11.3 Å². The largest absolute Gasteiger partial charge is 0.492 e. The van der Waals surface area contributed by atoms with E-state index in [-0.39, 0.29) is 5.91 Å². The zero-order valence-electron chi connectivity index (χ0n) is 24.3. The molecule has 2 aromatic rings. The van der Waals surface area contributed by atoms with Gasteiger partial charge in [-0.25, -0.2) is 0 Å². The van der Waals surface area contributed by atoms with Crippen LogP contribution in [0.3, 0.4) is 0 Å². The number of nitrogens with zero attached hydrogens (tertiary/aromatic N) is 1. The lowest BCUT2D eigenvalue weighted by Gasteiger charge is -2.20. The molecule has 1 amide bonds. The highest BCUT2D eigenvalue weighted by Gasteiger charge is 2.22. The van der Waals surface area contributed by atoms with Gasteiger partial charge in [-0.2, -0.15) is 0 Å². The summed E-state index contributed by atoms with van der Waals surface area (Å²) in [5.41, 5.74) is 7.35. The molecule has 5 nitrogen and oxygen atoms in total. The van der Waals surface area contributed by atoms with Gasteiger partial charge in [-0.15, -0.1) is 6.58 Å². The highest BCUT2D eigenvalue weighted by molar-refractivity contribution is 5.94. The van der Waals surface area contributed by atoms with Crippen LogP contribution in [0.4, 0.5) is 0 Å². The van der Waals surface area contributed by atoms with Gasteiger partial charge in [-0.05, 0) is 80.3 Å². The highest BCUT2D eigenvalue weighted by atomic mass is 16.5. The number of aromatic nitrogens is 1. The summed E-state index contributed by atoms with van der Waals surface area (Å²) in [4.78, 5) is 17.1. The van der Waals surface area contributed by atoms with Crippen molar-refractivity contribution in [3.05, 3.63) is 107 Å². The van der Waals surface area contributed by atoms with Crippen molar-refractivity contribution >= 4 is 11.5 Å². The summed E-state index contributed by atoms with van der Waals surface area (Å²) in [6, 6.07) is 11.9. The van der Waals surface area contributed by atoms with Crippen molar-refractivity contribution in [2.45, 2.75) is 66.8 Å². The summed E-state index contributed by atoms with van der Waals surface area (Å²) in [5, 5.41) is 6.73. The molecule has 1 aromatic heterocycles. The Morgan fingerprint density at radius 3 is 2.59 bits per heavy atom. The molecule has 0 saturated carbocycles. The van der Waals surface area contributed by atoms with Gasteiger partial charge >= 0.3 is 0 Å². The fourth-order valence-corrected chi connectivity index (χ4v) is 5.03. The van der Waals surface area contributed by atoms with E-state index in [1.807, 2.05) is 42.7 Å². The van der Waals surface area contributed by atoms with E-state index in [0.29, 0.717) is 37.1 Å². The number of benzene rings is 1. The molecule has 2 heterocycles. The van der Waals surface area contributed by atoms with E-state index >= 15 is 0 Å². The molecule has 1 fully saturated rings. The molecule has 3 rings (SSSR count). The molecule has 0 spiro atoms. The number of amides is 1. The third-order valence-corrected chi connectivity index (χ3v) is 6.82. The number of rotatable bonds is 13. The van der Waals surface area contributed by atoms with Crippen LogP contribution < -0.4 is 10.6 Å². The molecular formula is C34H45N3O2. The average molecular weight is 528 g/mol. The van der Waals surface area contributed by atoms with E-state index in [0.717, 1.165) is 59.4 Å². The number of allylic oxidation sites excluding steroid dienone is 6. The Morgan fingerprint density at radius 1 is 1.13 bits per heavy atom. The van der Waals surface area contributed by atoms with E-state index in [4.69, 9.17) is 4.74 Å². The Labute approximate surface area is 235 Å². The van der Waals surface area contributed by atoms with Crippen LogP contribution in [0.2, 0.25) is 0 Å². The predicted octanol–water partition coefficient (Wildman–Crippen LogP) is 7.60.